The summed E-state index contributed by atoms with van der Waals surface area (Å²) >= 11 is 0. The Bertz CT molecular complexity index is 651. The fraction of sp³-hybridized carbons (Fsp3) is 0.263. The molecular weight excluding hydrogens is 288 g/mol. The Morgan fingerprint density at radius 3 is 2.17 bits per heavy atom. The van der Waals surface area contributed by atoms with E-state index in [-0.39, 0.29) is 11.8 Å². The van der Waals surface area contributed by atoms with E-state index in [4.69, 9.17) is 0 Å². The Morgan fingerprint density at radius 1 is 0.957 bits per heavy atom. The molecule has 0 saturated heterocycles. The minimum Gasteiger partial charge on any atom is -0.354 e. The van der Waals surface area contributed by atoms with Crippen molar-refractivity contribution in [2.45, 2.75) is 26.3 Å². The number of carbonyl (C=O) groups is 2. The molecule has 0 aliphatic heterocycles. The predicted molar refractivity (Wildman–Crippen MR) is 92.1 cm³/mol. The van der Waals surface area contributed by atoms with E-state index in [9.17, 15) is 9.59 Å². The van der Waals surface area contributed by atoms with Gasteiger partial charge in [0.2, 0.25) is 5.91 Å². The van der Waals surface area contributed by atoms with Gasteiger partial charge in [0.1, 0.15) is 6.04 Å². The summed E-state index contributed by atoms with van der Waals surface area (Å²) in [6, 6.07) is 16.8. The zero-order valence-corrected chi connectivity index (χ0v) is 13.5. The molecule has 0 aliphatic carbocycles. The van der Waals surface area contributed by atoms with Crippen molar-refractivity contribution in [1.29, 1.82) is 0 Å². The monoisotopic (exact) mass is 310 g/mol. The van der Waals surface area contributed by atoms with E-state index in [1.807, 2.05) is 49.4 Å². The molecule has 0 radical (unpaired) electrons. The average Bonchev–Trinajstić information content (AvgIpc) is 2.60. The lowest BCUT2D eigenvalue weighted by Gasteiger charge is -2.14. The van der Waals surface area contributed by atoms with Crippen LogP contribution in [0.15, 0.2) is 54.6 Å². The first-order valence-corrected chi connectivity index (χ1v) is 7.86. The minimum absolute atomic E-state index is 0.166. The highest BCUT2D eigenvalue weighted by atomic mass is 16.2. The Hall–Kier alpha value is -2.62. The van der Waals surface area contributed by atoms with Crippen LogP contribution >= 0.6 is 0 Å². The van der Waals surface area contributed by atoms with E-state index in [2.05, 4.69) is 10.6 Å². The van der Waals surface area contributed by atoms with Gasteiger partial charge in [0.25, 0.3) is 5.91 Å². The van der Waals surface area contributed by atoms with Crippen LogP contribution in [-0.4, -0.2) is 24.4 Å². The van der Waals surface area contributed by atoms with Crippen LogP contribution in [0.5, 0.6) is 0 Å². The van der Waals surface area contributed by atoms with Crippen LogP contribution in [0.1, 0.15) is 30.6 Å². The predicted octanol–water partition coefficient (Wildman–Crippen LogP) is 3.00. The maximum absolute atomic E-state index is 12.2. The summed E-state index contributed by atoms with van der Waals surface area (Å²) in [6.45, 7) is 4.28. The van der Waals surface area contributed by atoms with E-state index in [0.29, 0.717) is 12.1 Å². The van der Waals surface area contributed by atoms with E-state index in [1.165, 1.54) is 0 Å². The lowest BCUT2D eigenvalue weighted by molar-refractivity contribution is -0.122. The van der Waals surface area contributed by atoms with Gasteiger partial charge in [0.05, 0.1) is 0 Å². The molecule has 2 N–H and O–H groups in total. The molecule has 4 heteroatoms. The second-order valence-electron chi connectivity index (χ2n) is 5.43. The van der Waals surface area contributed by atoms with Crippen LogP contribution in [0.3, 0.4) is 0 Å². The van der Waals surface area contributed by atoms with Crippen LogP contribution in [0.25, 0.3) is 11.1 Å². The summed E-state index contributed by atoms with van der Waals surface area (Å²) in [5.74, 6) is -0.412. The fourth-order valence-electron chi connectivity index (χ4n) is 2.19. The maximum atomic E-state index is 12.2. The molecule has 2 aromatic rings. The van der Waals surface area contributed by atoms with Crippen LogP contribution in [-0.2, 0) is 4.79 Å². The molecule has 0 spiro atoms. The lowest BCUT2D eigenvalue weighted by Crippen LogP contribution is -2.44. The highest BCUT2D eigenvalue weighted by Gasteiger charge is 2.15. The van der Waals surface area contributed by atoms with Gasteiger partial charge in [-0.1, -0.05) is 49.4 Å². The smallest absolute Gasteiger partial charge is 0.251 e. The highest BCUT2D eigenvalue weighted by Crippen LogP contribution is 2.19. The van der Waals surface area contributed by atoms with Gasteiger partial charge in [0.15, 0.2) is 0 Å². The van der Waals surface area contributed by atoms with Crippen molar-refractivity contribution < 1.29 is 9.59 Å². The summed E-state index contributed by atoms with van der Waals surface area (Å²) in [7, 11) is 0. The van der Waals surface area contributed by atoms with Crippen molar-refractivity contribution in [2.75, 3.05) is 6.54 Å². The minimum atomic E-state index is -0.553. The van der Waals surface area contributed by atoms with Crippen LogP contribution in [0.4, 0.5) is 0 Å². The lowest BCUT2D eigenvalue weighted by atomic mass is 10.0. The van der Waals surface area contributed by atoms with Gasteiger partial charge >= 0.3 is 0 Å². The van der Waals surface area contributed by atoms with Crippen molar-refractivity contribution in [2.24, 2.45) is 0 Å². The third-order valence-corrected chi connectivity index (χ3v) is 3.54. The van der Waals surface area contributed by atoms with Gasteiger partial charge in [-0.3, -0.25) is 9.59 Å². The summed E-state index contributed by atoms with van der Waals surface area (Å²) in [4.78, 5) is 24.0. The molecule has 0 saturated carbocycles. The number of benzene rings is 2. The number of amides is 2. The first-order valence-electron chi connectivity index (χ1n) is 7.86. The van der Waals surface area contributed by atoms with Crippen molar-refractivity contribution in [3.8, 4) is 11.1 Å². The van der Waals surface area contributed by atoms with E-state index in [1.54, 1.807) is 19.1 Å². The third kappa shape index (κ3) is 4.68. The number of rotatable bonds is 6. The van der Waals surface area contributed by atoms with Crippen molar-refractivity contribution >= 4 is 11.8 Å². The van der Waals surface area contributed by atoms with Gasteiger partial charge in [-0.25, -0.2) is 0 Å². The highest BCUT2D eigenvalue weighted by molar-refractivity contribution is 5.97. The van der Waals surface area contributed by atoms with Crippen LogP contribution in [0, 0.1) is 0 Å². The molecule has 120 valence electrons. The summed E-state index contributed by atoms with van der Waals surface area (Å²) in [6.07, 6.45) is 0.868. The maximum Gasteiger partial charge on any atom is 0.251 e. The Morgan fingerprint density at radius 2 is 1.57 bits per heavy atom. The Balaban J connectivity index is 1.99. The first kappa shape index (κ1) is 16.7. The number of hydrogen-bond acceptors (Lipinski definition) is 2. The molecule has 0 bridgehead atoms. The zero-order chi connectivity index (χ0) is 16.7. The average molecular weight is 310 g/mol. The summed E-state index contributed by atoms with van der Waals surface area (Å²) < 4.78 is 0. The SMILES string of the molecule is CCCNC(=O)[C@H](C)NC(=O)c1ccc(-c2ccccc2)cc1. The number of hydrogen-bond donors (Lipinski definition) is 2. The van der Waals surface area contributed by atoms with Crippen molar-refractivity contribution in [1.82, 2.24) is 10.6 Å². The standard InChI is InChI=1S/C19H22N2O2/c1-3-13-20-18(22)14(2)21-19(23)17-11-9-16(10-12-17)15-7-5-4-6-8-15/h4-12,14H,3,13H2,1-2H3,(H,20,22)(H,21,23)/t14-/m0/s1. The second kappa shape index (κ2) is 8.13. The van der Waals surface area contributed by atoms with Gasteiger partial charge in [-0.15, -0.1) is 0 Å². The van der Waals surface area contributed by atoms with Crippen LogP contribution < -0.4 is 10.6 Å². The molecule has 23 heavy (non-hydrogen) atoms. The van der Waals surface area contributed by atoms with Gasteiger partial charge in [0, 0.05) is 12.1 Å². The molecule has 0 aliphatic rings. The zero-order valence-electron chi connectivity index (χ0n) is 13.5. The molecule has 0 heterocycles. The topological polar surface area (TPSA) is 58.2 Å². The molecule has 4 nitrogen and oxygen atoms in total. The van der Waals surface area contributed by atoms with E-state index >= 15 is 0 Å². The molecule has 2 amide bonds. The third-order valence-electron chi connectivity index (χ3n) is 3.54. The van der Waals surface area contributed by atoms with E-state index in [0.717, 1.165) is 17.5 Å². The molecule has 0 aromatic heterocycles. The quantitative estimate of drug-likeness (QED) is 0.861. The number of nitrogens with one attached hydrogen (secondary N) is 2. The molecule has 0 unspecified atom stereocenters. The summed E-state index contributed by atoms with van der Waals surface area (Å²) in [5, 5.41) is 5.48. The van der Waals surface area contributed by atoms with Gasteiger partial charge < -0.3 is 10.6 Å². The van der Waals surface area contributed by atoms with Crippen molar-refractivity contribution in [3.63, 3.8) is 0 Å². The Kier molecular flexibility index (Phi) is 5.92. The summed E-state index contributed by atoms with van der Waals surface area (Å²) in [5.41, 5.74) is 2.70. The normalized spacial score (nSPS) is 11.6. The molecule has 0 fully saturated rings. The molecule has 2 rings (SSSR count). The first-order chi connectivity index (χ1) is 11.1. The van der Waals surface area contributed by atoms with E-state index < -0.39 is 6.04 Å². The van der Waals surface area contributed by atoms with Gasteiger partial charge in [-0.2, -0.15) is 0 Å². The molecular formula is C19H22N2O2. The molecule has 2 aromatic carbocycles. The Labute approximate surface area is 136 Å². The fourth-order valence-corrected chi connectivity index (χ4v) is 2.19. The van der Waals surface area contributed by atoms with Gasteiger partial charge in [-0.05, 0) is 36.6 Å². The van der Waals surface area contributed by atoms with Crippen molar-refractivity contribution in [3.05, 3.63) is 60.2 Å². The second-order valence-corrected chi connectivity index (χ2v) is 5.43. The largest absolute Gasteiger partial charge is 0.354 e. The van der Waals surface area contributed by atoms with Crippen LogP contribution in [0.2, 0.25) is 0 Å². The molecule has 1 atom stereocenters. The number of carbonyl (C=O) groups excluding carboxylic acids is 2.